The molecule has 4 nitrogen and oxygen atoms in total. The van der Waals surface area contributed by atoms with Crippen molar-refractivity contribution in [1.82, 2.24) is 14.8 Å². The van der Waals surface area contributed by atoms with Gasteiger partial charge < -0.3 is 5.73 Å². The van der Waals surface area contributed by atoms with Gasteiger partial charge in [-0.3, -0.25) is 0 Å². The Morgan fingerprint density at radius 1 is 1.29 bits per heavy atom. The smallest absolute Gasteiger partial charge is 0.172 e. The molecule has 2 aromatic rings. The van der Waals surface area contributed by atoms with Crippen molar-refractivity contribution in [2.45, 2.75) is 20.4 Å². The van der Waals surface area contributed by atoms with E-state index in [2.05, 4.69) is 10.1 Å². The molecule has 17 heavy (non-hydrogen) atoms. The van der Waals surface area contributed by atoms with Crippen LogP contribution in [0.25, 0.3) is 5.82 Å². The quantitative estimate of drug-likeness (QED) is 0.913. The summed E-state index contributed by atoms with van der Waals surface area (Å²) >= 11 is 12.3. The second kappa shape index (κ2) is 4.64. The number of nitrogens with zero attached hydrogens (tertiary/aromatic N) is 3. The van der Waals surface area contributed by atoms with Crippen LogP contribution in [-0.2, 0) is 6.54 Å². The molecule has 6 heteroatoms. The molecule has 0 amide bonds. The van der Waals surface area contributed by atoms with E-state index >= 15 is 0 Å². The van der Waals surface area contributed by atoms with Crippen LogP contribution in [0.2, 0.25) is 10.0 Å². The van der Waals surface area contributed by atoms with E-state index in [1.54, 1.807) is 16.9 Å². The molecular formula is C11H12Cl2N4. The van der Waals surface area contributed by atoms with Gasteiger partial charge in [0.15, 0.2) is 5.82 Å². The summed E-state index contributed by atoms with van der Waals surface area (Å²) < 4.78 is 1.64. The molecule has 2 N–H and O–H groups in total. The van der Waals surface area contributed by atoms with Crippen molar-refractivity contribution in [2.75, 3.05) is 0 Å². The lowest BCUT2D eigenvalue weighted by Gasteiger charge is -2.08. The molecule has 0 fully saturated rings. The van der Waals surface area contributed by atoms with Gasteiger partial charge in [-0.05, 0) is 25.5 Å². The van der Waals surface area contributed by atoms with Crippen LogP contribution in [0.1, 0.15) is 17.0 Å². The number of nitrogens with two attached hydrogens (primary N) is 1. The predicted molar refractivity (Wildman–Crippen MR) is 68.7 cm³/mol. The molecule has 0 aromatic carbocycles. The molecule has 90 valence electrons. The van der Waals surface area contributed by atoms with Crippen LogP contribution in [0.3, 0.4) is 0 Å². The first-order valence-electron chi connectivity index (χ1n) is 5.11. The Morgan fingerprint density at radius 3 is 2.53 bits per heavy atom. The van der Waals surface area contributed by atoms with Crippen LogP contribution >= 0.6 is 23.2 Å². The fraction of sp³-hybridized carbons (Fsp3) is 0.273. The van der Waals surface area contributed by atoms with E-state index in [-0.39, 0.29) is 0 Å². The lowest BCUT2D eigenvalue weighted by atomic mass is 10.2. The summed E-state index contributed by atoms with van der Waals surface area (Å²) in [4.78, 5) is 4.23. The molecule has 0 aliphatic rings. The second-order valence-electron chi connectivity index (χ2n) is 3.71. The molecule has 0 unspecified atom stereocenters. The SMILES string of the molecule is Cc1nn(-c2nccc(CN)c2Cl)c(C)c1Cl. The third-order valence-corrected chi connectivity index (χ3v) is 3.53. The molecule has 2 heterocycles. The maximum Gasteiger partial charge on any atom is 0.172 e. The summed E-state index contributed by atoms with van der Waals surface area (Å²) in [5.74, 6) is 0.558. The van der Waals surface area contributed by atoms with E-state index in [1.807, 2.05) is 13.8 Å². The number of pyridine rings is 1. The van der Waals surface area contributed by atoms with Crippen LogP contribution < -0.4 is 5.73 Å². The molecule has 2 rings (SSSR count). The number of aryl methyl sites for hydroxylation is 1. The standard InChI is InChI=1S/C11H12Cl2N4/c1-6-9(12)7(2)17(16-6)11-10(13)8(5-14)3-4-15-11/h3-4H,5,14H2,1-2H3. The maximum atomic E-state index is 6.23. The van der Waals surface area contributed by atoms with Crippen LogP contribution in [0.5, 0.6) is 0 Å². The molecule has 0 atom stereocenters. The minimum atomic E-state index is 0.362. The Hall–Kier alpha value is -1.10. The van der Waals surface area contributed by atoms with Crippen LogP contribution in [0.4, 0.5) is 0 Å². The van der Waals surface area contributed by atoms with Crippen LogP contribution in [0.15, 0.2) is 12.3 Å². The lowest BCUT2D eigenvalue weighted by molar-refractivity contribution is 0.802. The zero-order chi connectivity index (χ0) is 12.6. The highest BCUT2D eigenvalue weighted by molar-refractivity contribution is 6.33. The van der Waals surface area contributed by atoms with Crippen molar-refractivity contribution in [2.24, 2.45) is 5.73 Å². The van der Waals surface area contributed by atoms with Gasteiger partial charge in [0.1, 0.15) is 0 Å². The summed E-state index contributed by atoms with van der Waals surface area (Å²) in [6, 6.07) is 1.79. The summed E-state index contributed by atoms with van der Waals surface area (Å²) in [5, 5.41) is 5.45. The molecule has 0 spiro atoms. The highest BCUT2D eigenvalue weighted by Gasteiger charge is 2.15. The molecule has 0 bridgehead atoms. The first-order chi connectivity index (χ1) is 8.06. The topological polar surface area (TPSA) is 56.7 Å². The van der Waals surface area contributed by atoms with Gasteiger partial charge in [0, 0.05) is 12.7 Å². The number of aromatic nitrogens is 3. The summed E-state index contributed by atoms with van der Waals surface area (Å²) in [6.07, 6.45) is 1.66. The third-order valence-electron chi connectivity index (χ3n) is 2.57. The number of hydrogen-bond acceptors (Lipinski definition) is 3. The van der Waals surface area contributed by atoms with Crippen molar-refractivity contribution >= 4 is 23.2 Å². The molecule has 2 aromatic heterocycles. The summed E-state index contributed by atoms with van der Waals surface area (Å²) in [7, 11) is 0. The Bertz CT molecular complexity index is 563. The van der Waals surface area contributed by atoms with E-state index in [1.165, 1.54) is 0 Å². The fourth-order valence-electron chi connectivity index (χ4n) is 1.61. The molecule has 0 radical (unpaired) electrons. The summed E-state index contributed by atoms with van der Waals surface area (Å²) in [6.45, 7) is 4.07. The van der Waals surface area contributed by atoms with Crippen LogP contribution in [-0.4, -0.2) is 14.8 Å². The van der Waals surface area contributed by atoms with E-state index in [4.69, 9.17) is 28.9 Å². The second-order valence-corrected chi connectivity index (χ2v) is 4.46. The Labute approximate surface area is 109 Å². The van der Waals surface area contributed by atoms with Gasteiger partial charge in [-0.1, -0.05) is 23.2 Å². The average molecular weight is 271 g/mol. The zero-order valence-corrected chi connectivity index (χ0v) is 11.0. The van der Waals surface area contributed by atoms with Crippen molar-refractivity contribution < 1.29 is 0 Å². The lowest BCUT2D eigenvalue weighted by Crippen LogP contribution is -2.06. The minimum absolute atomic E-state index is 0.362. The number of hydrogen-bond donors (Lipinski definition) is 1. The Balaban J connectivity index is 2.64. The third kappa shape index (κ3) is 2.04. The predicted octanol–water partition coefficient (Wildman–Crippen LogP) is 2.65. The van der Waals surface area contributed by atoms with Gasteiger partial charge >= 0.3 is 0 Å². The Morgan fingerprint density at radius 2 is 2.00 bits per heavy atom. The molecular weight excluding hydrogens is 259 g/mol. The number of halogens is 2. The largest absolute Gasteiger partial charge is 0.326 e. The van der Waals surface area contributed by atoms with Crippen molar-refractivity contribution in [3.63, 3.8) is 0 Å². The zero-order valence-electron chi connectivity index (χ0n) is 9.54. The van der Waals surface area contributed by atoms with Crippen molar-refractivity contribution in [3.05, 3.63) is 39.3 Å². The van der Waals surface area contributed by atoms with Gasteiger partial charge in [-0.25, -0.2) is 9.67 Å². The van der Waals surface area contributed by atoms with Gasteiger partial charge in [-0.15, -0.1) is 0 Å². The molecule has 0 saturated carbocycles. The highest BCUT2D eigenvalue weighted by atomic mass is 35.5. The number of rotatable bonds is 2. The highest BCUT2D eigenvalue weighted by Crippen LogP contribution is 2.27. The van der Waals surface area contributed by atoms with Gasteiger partial charge in [0.05, 0.1) is 21.4 Å². The van der Waals surface area contributed by atoms with Crippen molar-refractivity contribution in [1.29, 1.82) is 0 Å². The first kappa shape index (κ1) is 12.4. The molecule has 0 aliphatic carbocycles. The fourth-order valence-corrected chi connectivity index (χ4v) is 1.99. The minimum Gasteiger partial charge on any atom is -0.326 e. The average Bonchev–Trinajstić information content (AvgIpc) is 2.57. The molecule has 0 aliphatic heterocycles. The van der Waals surface area contributed by atoms with Gasteiger partial charge in [0.2, 0.25) is 0 Å². The van der Waals surface area contributed by atoms with E-state index < -0.39 is 0 Å². The van der Waals surface area contributed by atoms with E-state index in [0.717, 1.165) is 17.0 Å². The van der Waals surface area contributed by atoms with Crippen molar-refractivity contribution in [3.8, 4) is 5.82 Å². The Kier molecular flexibility index (Phi) is 3.38. The monoisotopic (exact) mass is 270 g/mol. The van der Waals surface area contributed by atoms with E-state index in [0.29, 0.717) is 22.4 Å². The van der Waals surface area contributed by atoms with Gasteiger partial charge in [-0.2, -0.15) is 5.10 Å². The van der Waals surface area contributed by atoms with Gasteiger partial charge in [0.25, 0.3) is 0 Å². The summed E-state index contributed by atoms with van der Waals surface area (Å²) in [5.41, 5.74) is 8.00. The van der Waals surface area contributed by atoms with Crippen LogP contribution in [0, 0.1) is 13.8 Å². The van der Waals surface area contributed by atoms with E-state index in [9.17, 15) is 0 Å². The maximum absolute atomic E-state index is 6.23. The normalized spacial score (nSPS) is 10.9. The molecule has 0 saturated heterocycles. The first-order valence-corrected chi connectivity index (χ1v) is 5.87.